The van der Waals surface area contributed by atoms with Crippen LogP contribution in [0.3, 0.4) is 0 Å². The Morgan fingerprint density at radius 3 is 2.59 bits per heavy atom. The fourth-order valence-corrected chi connectivity index (χ4v) is 3.01. The molecule has 1 aromatic carbocycles. The van der Waals surface area contributed by atoms with Crippen molar-refractivity contribution >= 4 is 17.7 Å². The second-order valence-corrected chi connectivity index (χ2v) is 6.18. The molecule has 0 saturated heterocycles. The molecule has 1 amide bonds. The fraction of sp³-hybridized carbons (Fsp3) is 0.467. The van der Waals surface area contributed by atoms with Crippen molar-refractivity contribution in [2.24, 2.45) is 0 Å². The van der Waals surface area contributed by atoms with Gasteiger partial charge in [-0.1, -0.05) is 42.1 Å². The molecule has 0 fully saturated rings. The molecule has 1 heterocycles. The van der Waals surface area contributed by atoms with E-state index in [1.165, 1.54) is 11.8 Å². The average Bonchev–Trinajstić information content (AvgIpc) is 2.96. The van der Waals surface area contributed by atoms with Crippen LogP contribution < -0.4 is 0 Å². The van der Waals surface area contributed by atoms with Crippen LogP contribution in [0.4, 0.5) is 0 Å². The highest BCUT2D eigenvalue weighted by Crippen LogP contribution is 2.22. The molecule has 0 spiro atoms. The van der Waals surface area contributed by atoms with Crippen LogP contribution in [0.15, 0.2) is 35.5 Å². The van der Waals surface area contributed by atoms with Gasteiger partial charge in [-0.25, -0.2) is 4.68 Å². The van der Waals surface area contributed by atoms with Gasteiger partial charge in [-0.2, -0.15) is 0 Å². The van der Waals surface area contributed by atoms with Gasteiger partial charge in [0.05, 0.1) is 11.8 Å². The lowest BCUT2D eigenvalue weighted by Crippen LogP contribution is -2.36. The maximum atomic E-state index is 12.3. The van der Waals surface area contributed by atoms with Crippen LogP contribution in [-0.4, -0.2) is 49.4 Å². The van der Waals surface area contributed by atoms with E-state index in [1.54, 1.807) is 4.68 Å². The summed E-state index contributed by atoms with van der Waals surface area (Å²) in [5, 5.41) is 12.2. The summed E-state index contributed by atoms with van der Waals surface area (Å²) in [4.78, 5) is 14.2. The molecule has 1 atom stereocenters. The topological polar surface area (TPSA) is 63.9 Å². The van der Waals surface area contributed by atoms with Gasteiger partial charge < -0.3 is 4.90 Å². The zero-order chi connectivity index (χ0) is 15.9. The summed E-state index contributed by atoms with van der Waals surface area (Å²) < 4.78 is 1.73. The highest BCUT2D eigenvalue weighted by Gasteiger charge is 2.22. The van der Waals surface area contributed by atoms with Crippen LogP contribution in [0.25, 0.3) is 0 Å². The van der Waals surface area contributed by atoms with Crippen molar-refractivity contribution in [1.82, 2.24) is 25.1 Å². The van der Waals surface area contributed by atoms with E-state index in [9.17, 15) is 4.79 Å². The van der Waals surface area contributed by atoms with Crippen molar-refractivity contribution in [2.45, 2.75) is 37.7 Å². The Morgan fingerprint density at radius 1 is 1.27 bits per heavy atom. The van der Waals surface area contributed by atoms with Crippen molar-refractivity contribution in [3.8, 4) is 0 Å². The Morgan fingerprint density at radius 2 is 1.95 bits per heavy atom. The monoisotopic (exact) mass is 319 g/mol. The van der Waals surface area contributed by atoms with Gasteiger partial charge in [-0.05, 0) is 36.8 Å². The van der Waals surface area contributed by atoms with Crippen molar-refractivity contribution in [3.63, 3.8) is 0 Å². The van der Waals surface area contributed by atoms with Crippen molar-refractivity contribution < 1.29 is 4.79 Å². The fourth-order valence-electron chi connectivity index (χ4n) is 2.14. The predicted molar refractivity (Wildman–Crippen MR) is 86.6 cm³/mol. The minimum atomic E-state index is -0.208. The van der Waals surface area contributed by atoms with Crippen molar-refractivity contribution in [3.05, 3.63) is 35.9 Å². The minimum Gasteiger partial charge on any atom is -0.342 e. The molecule has 0 bridgehead atoms. The third-order valence-electron chi connectivity index (χ3n) is 3.38. The SMILES string of the molecule is CCN(CC)C(=O)C(C)Sc1nnnn1Cc1ccccc1. The van der Waals surface area contributed by atoms with Crippen molar-refractivity contribution in [2.75, 3.05) is 13.1 Å². The summed E-state index contributed by atoms with van der Waals surface area (Å²) in [7, 11) is 0. The first-order chi connectivity index (χ1) is 10.7. The molecule has 118 valence electrons. The van der Waals surface area contributed by atoms with Crippen molar-refractivity contribution in [1.29, 1.82) is 0 Å². The van der Waals surface area contributed by atoms with Crippen LogP contribution in [0.1, 0.15) is 26.3 Å². The molecule has 7 heteroatoms. The molecular weight excluding hydrogens is 298 g/mol. The van der Waals surface area contributed by atoms with E-state index in [0.717, 1.165) is 18.7 Å². The molecule has 0 aliphatic heterocycles. The zero-order valence-electron chi connectivity index (χ0n) is 13.1. The van der Waals surface area contributed by atoms with Gasteiger partial charge in [0.2, 0.25) is 11.1 Å². The van der Waals surface area contributed by atoms with Gasteiger partial charge >= 0.3 is 0 Å². The smallest absolute Gasteiger partial charge is 0.235 e. The van der Waals surface area contributed by atoms with Crippen LogP contribution >= 0.6 is 11.8 Å². The second kappa shape index (κ2) is 7.93. The van der Waals surface area contributed by atoms with Gasteiger partial charge in [-0.15, -0.1) is 5.10 Å². The lowest BCUT2D eigenvalue weighted by Gasteiger charge is -2.22. The average molecular weight is 319 g/mol. The predicted octanol–water partition coefficient (Wildman–Crippen LogP) is 2.07. The van der Waals surface area contributed by atoms with E-state index in [2.05, 4.69) is 15.5 Å². The molecule has 22 heavy (non-hydrogen) atoms. The van der Waals surface area contributed by atoms with Gasteiger partial charge in [0.25, 0.3) is 0 Å². The highest BCUT2D eigenvalue weighted by molar-refractivity contribution is 8.00. The lowest BCUT2D eigenvalue weighted by atomic mass is 10.2. The molecule has 0 saturated carbocycles. The lowest BCUT2D eigenvalue weighted by molar-refractivity contribution is -0.129. The summed E-state index contributed by atoms with van der Waals surface area (Å²) in [5.74, 6) is 0.115. The third-order valence-corrected chi connectivity index (χ3v) is 4.44. The summed E-state index contributed by atoms with van der Waals surface area (Å²) in [6.07, 6.45) is 0. The van der Waals surface area contributed by atoms with E-state index >= 15 is 0 Å². The molecular formula is C15H21N5OS. The summed E-state index contributed by atoms with van der Waals surface area (Å²) in [5.41, 5.74) is 1.12. The third kappa shape index (κ3) is 4.07. The molecule has 0 N–H and O–H groups in total. The number of tetrazole rings is 1. The van der Waals surface area contributed by atoms with E-state index in [1.807, 2.05) is 56.0 Å². The molecule has 6 nitrogen and oxygen atoms in total. The standard InChI is InChI=1S/C15H21N5OS/c1-4-19(5-2)14(21)12(3)22-15-16-17-18-20(15)11-13-9-7-6-8-10-13/h6-10,12H,4-5,11H2,1-3H3. The van der Waals surface area contributed by atoms with E-state index in [0.29, 0.717) is 11.7 Å². The molecule has 2 rings (SSSR count). The highest BCUT2D eigenvalue weighted by atomic mass is 32.2. The maximum Gasteiger partial charge on any atom is 0.235 e. The minimum absolute atomic E-state index is 0.115. The van der Waals surface area contributed by atoms with Gasteiger partial charge in [0.15, 0.2) is 0 Å². The number of nitrogens with zero attached hydrogens (tertiary/aromatic N) is 5. The number of amides is 1. The molecule has 0 aliphatic rings. The van der Waals surface area contributed by atoms with Gasteiger partial charge in [0.1, 0.15) is 0 Å². The number of benzene rings is 1. The molecule has 2 aromatic rings. The Kier molecular flexibility index (Phi) is 5.94. The summed E-state index contributed by atoms with van der Waals surface area (Å²) in [6, 6.07) is 10.0. The number of aromatic nitrogens is 4. The Hall–Kier alpha value is -1.89. The number of hydrogen-bond acceptors (Lipinski definition) is 5. The summed E-state index contributed by atoms with van der Waals surface area (Å²) >= 11 is 1.40. The number of rotatable bonds is 7. The van der Waals surface area contributed by atoms with E-state index < -0.39 is 0 Å². The first-order valence-corrected chi connectivity index (χ1v) is 8.29. The molecule has 0 radical (unpaired) electrons. The van der Waals surface area contributed by atoms with E-state index in [4.69, 9.17) is 0 Å². The van der Waals surface area contributed by atoms with Crippen LogP contribution in [0.2, 0.25) is 0 Å². The van der Waals surface area contributed by atoms with Crippen LogP contribution in [0.5, 0.6) is 0 Å². The number of hydrogen-bond donors (Lipinski definition) is 0. The maximum absolute atomic E-state index is 12.3. The molecule has 0 aliphatic carbocycles. The number of thioether (sulfide) groups is 1. The Labute approximate surface area is 134 Å². The number of carbonyl (C=O) groups excluding carboxylic acids is 1. The molecule has 1 unspecified atom stereocenters. The Bertz CT molecular complexity index is 597. The van der Waals surface area contributed by atoms with E-state index in [-0.39, 0.29) is 11.2 Å². The van der Waals surface area contributed by atoms with Crippen LogP contribution in [0, 0.1) is 0 Å². The summed E-state index contributed by atoms with van der Waals surface area (Å²) in [6.45, 7) is 7.90. The first kappa shape index (κ1) is 16.5. The molecule has 1 aromatic heterocycles. The van der Waals surface area contributed by atoms with Crippen LogP contribution in [-0.2, 0) is 11.3 Å². The second-order valence-electron chi connectivity index (χ2n) is 4.88. The van der Waals surface area contributed by atoms with Gasteiger partial charge in [-0.3, -0.25) is 4.79 Å². The normalized spacial score (nSPS) is 12.1. The Balaban J connectivity index is 2.05. The number of carbonyl (C=O) groups is 1. The first-order valence-electron chi connectivity index (χ1n) is 7.41. The zero-order valence-corrected chi connectivity index (χ0v) is 14.0. The quantitative estimate of drug-likeness (QED) is 0.731. The largest absolute Gasteiger partial charge is 0.342 e. The van der Waals surface area contributed by atoms with Gasteiger partial charge in [0, 0.05) is 13.1 Å².